The number of rotatable bonds is 4. The van der Waals surface area contributed by atoms with Gasteiger partial charge in [-0.2, -0.15) is 0 Å². The van der Waals surface area contributed by atoms with Gasteiger partial charge in [0.25, 0.3) is 0 Å². The van der Waals surface area contributed by atoms with Crippen molar-refractivity contribution in [2.75, 3.05) is 5.73 Å². The van der Waals surface area contributed by atoms with Crippen molar-refractivity contribution in [2.24, 2.45) is 0 Å². The van der Waals surface area contributed by atoms with Crippen molar-refractivity contribution in [3.63, 3.8) is 0 Å². The molecule has 1 atom stereocenters. The van der Waals surface area contributed by atoms with E-state index in [1.807, 2.05) is 36.5 Å². The molecule has 94 valence electrons. The van der Waals surface area contributed by atoms with Gasteiger partial charge in [0.15, 0.2) is 0 Å². The molecule has 0 aliphatic heterocycles. The molecule has 18 heavy (non-hydrogen) atoms. The quantitative estimate of drug-likeness (QED) is 0.810. The summed E-state index contributed by atoms with van der Waals surface area (Å²) in [4.78, 5) is 4.34. The molecule has 1 aromatic carbocycles. The lowest BCUT2D eigenvalue weighted by atomic mass is 10.0. The Morgan fingerprint density at radius 1 is 1.22 bits per heavy atom. The van der Waals surface area contributed by atoms with E-state index >= 15 is 0 Å². The number of aliphatic hydroxyl groups excluding tert-OH is 1. The molecule has 0 radical (unpaired) electrons. The molecule has 0 aliphatic carbocycles. The summed E-state index contributed by atoms with van der Waals surface area (Å²) < 4.78 is 0. The van der Waals surface area contributed by atoms with Gasteiger partial charge < -0.3 is 10.8 Å². The molecule has 1 heterocycles. The van der Waals surface area contributed by atoms with Gasteiger partial charge >= 0.3 is 0 Å². The highest BCUT2D eigenvalue weighted by Gasteiger charge is 2.11. The molecule has 1 unspecified atom stereocenters. The highest BCUT2D eigenvalue weighted by atomic mass is 16.3. The zero-order valence-electron chi connectivity index (χ0n) is 10.5. The predicted molar refractivity (Wildman–Crippen MR) is 73.1 cm³/mol. The van der Waals surface area contributed by atoms with Gasteiger partial charge in [0.1, 0.15) is 0 Å². The van der Waals surface area contributed by atoms with Crippen molar-refractivity contribution in [3.05, 3.63) is 59.4 Å². The zero-order chi connectivity index (χ0) is 13.0. The maximum absolute atomic E-state index is 10.2. The Morgan fingerprint density at radius 2 is 2.00 bits per heavy atom. The Kier molecular flexibility index (Phi) is 3.95. The summed E-state index contributed by atoms with van der Waals surface area (Å²) in [6.07, 6.45) is 2.71. The number of hydrogen-bond acceptors (Lipinski definition) is 3. The number of nitrogens with zero attached hydrogens (tertiary/aromatic N) is 1. The molecular formula is C15H18N2O. The van der Waals surface area contributed by atoms with Crippen LogP contribution in [-0.4, -0.2) is 10.1 Å². The van der Waals surface area contributed by atoms with Crippen LogP contribution in [0.15, 0.2) is 42.6 Å². The first-order valence-electron chi connectivity index (χ1n) is 6.17. The highest BCUT2D eigenvalue weighted by molar-refractivity contribution is 5.47. The molecule has 0 fully saturated rings. The van der Waals surface area contributed by atoms with Gasteiger partial charge in [-0.1, -0.05) is 31.2 Å². The lowest BCUT2D eigenvalue weighted by molar-refractivity contribution is 0.178. The fourth-order valence-electron chi connectivity index (χ4n) is 1.91. The van der Waals surface area contributed by atoms with Crippen LogP contribution >= 0.6 is 0 Å². The molecule has 3 heteroatoms. The monoisotopic (exact) mass is 242 g/mol. The summed E-state index contributed by atoms with van der Waals surface area (Å²) in [5.74, 6) is 0. The van der Waals surface area contributed by atoms with Gasteiger partial charge in [-0.25, -0.2) is 0 Å². The van der Waals surface area contributed by atoms with E-state index in [2.05, 4.69) is 11.9 Å². The number of benzene rings is 1. The molecule has 3 nitrogen and oxygen atoms in total. The summed E-state index contributed by atoms with van der Waals surface area (Å²) in [5, 5.41) is 10.2. The Balaban J connectivity index is 2.11. The number of aromatic nitrogens is 1. The fraction of sp³-hybridized carbons (Fsp3) is 0.267. The molecule has 0 aliphatic rings. The topological polar surface area (TPSA) is 59.1 Å². The minimum Gasteiger partial charge on any atom is -0.398 e. The van der Waals surface area contributed by atoms with Gasteiger partial charge in [-0.3, -0.25) is 4.98 Å². The van der Waals surface area contributed by atoms with E-state index in [1.165, 1.54) is 5.56 Å². The molecule has 0 bridgehead atoms. The highest BCUT2D eigenvalue weighted by Crippen LogP contribution is 2.22. The fourth-order valence-corrected chi connectivity index (χ4v) is 1.91. The number of anilines is 1. The standard InChI is InChI=1S/C15H18N2O/c1-2-11-7-8-12(17-10-11)9-15(18)13-5-3-4-6-14(13)16/h3-8,10,15,18H,2,9,16H2,1H3. The van der Waals surface area contributed by atoms with Crippen molar-refractivity contribution >= 4 is 5.69 Å². The summed E-state index contributed by atoms with van der Waals surface area (Å²) in [5.41, 5.74) is 9.30. The minimum atomic E-state index is -0.605. The second-order valence-corrected chi connectivity index (χ2v) is 4.36. The average molecular weight is 242 g/mol. The first kappa shape index (κ1) is 12.6. The smallest absolute Gasteiger partial charge is 0.0865 e. The van der Waals surface area contributed by atoms with Crippen LogP contribution < -0.4 is 5.73 Å². The molecule has 2 rings (SSSR count). The largest absolute Gasteiger partial charge is 0.398 e. The predicted octanol–water partition coefficient (Wildman–Crippen LogP) is 2.50. The van der Waals surface area contributed by atoms with Gasteiger partial charge in [-0.05, 0) is 24.1 Å². The van der Waals surface area contributed by atoms with Crippen LogP contribution in [0.4, 0.5) is 5.69 Å². The van der Waals surface area contributed by atoms with E-state index in [1.54, 1.807) is 6.07 Å². The summed E-state index contributed by atoms with van der Waals surface area (Å²) in [6, 6.07) is 11.4. The third-order valence-electron chi connectivity index (χ3n) is 3.05. The minimum absolute atomic E-state index is 0.484. The van der Waals surface area contributed by atoms with Crippen molar-refractivity contribution < 1.29 is 5.11 Å². The first-order valence-corrected chi connectivity index (χ1v) is 6.17. The van der Waals surface area contributed by atoms with Crippen LogP contribution in [0.25, 0.3) is 0 Å². The number of aryl methyl sites for hydroxylation is 1. The molecule has 1 aromatic heterocycles. The Hall–Kier alpha value is -1.87. The van der Waals surface area contributed by atoms with Gasteiger partial charge in [0.2, 0.25) is 0 Å². The molecule has 0 saturated carbocycles. The average Bonchev–Trinajstić information content (AvgIpc) is 2.40. The van der Waals surface area contributed by atoms with E-state index in [9.17, 15) is 5.11 Å². The van der Waals surface area contributed by atoms with Gasteiger partial charge in [0, 0.05) is 29.6 Å². The number of nitrogens with two attached hydrogens (primary N) is 1. The first-order chi connectivity index (χ1) is 8.70. The zero-order valence-corrected chi connectivity index (χ0v) is 10.5. The van der Waals surface area contributed by atoms with E-state index in [0.29, 0.717) is 12.1 Å². The Morgan fingerprint density at radius 3 is 2.61 bits per heavy atom. The molecule has 0 amide bonds. The molecule has 2 aromatic rings. The second-order valence-electron chi connectivity index (χ2n) is 4.36. The maximum Gasteiger partial charge on any atom is 0.0865 e. The number of nitrogen functional groups attached to an aromatic ring is 1. The number of pyridine rings is 1. The van der Waals surface area contributed by atoms with E-state index in [-0.39, 0.29) is 0 Å². The third kappa shape index (κ3) is 2.87. The van der Waals surface area contributed by atoms with Crippen molar-refractivity contribution in [1.82, 2.24) is 4.98 Å². The van der Waals surface area contributed by atoms with Crippen LogP contribution in [0.2, 0.25) is 0 Å². The summed E-state index contributed by atoms with van der Waals surface area (Å²) >= 11 is 0. The SMILES string of the molecule is CCc1ccc(CC(O)c2ccccc2N)nc1. The number of aliphatic hydroxyl groups is 1. The summed E-state index contributed by atoms with van der Waals surface area (Å²) in [6.45, 7) is 2.09. The van der Waals surface area contributed by atoms with Crippen molar-refractivity contribution in [3.8, 4) is 0 Å². The second kappa shape index (κ2) is 5.65. The van der Waals surface area contributed by atoms with Gasteiger partial charge in [0.05, 0.1) is 6.10 Å². The lowest BCUT2D eigenvalue weighted by Gasteiger charge is -2.13. The summed E-state index contributed by atoms with van der Waals surface area (Å²) in [7, 11) is 0. The van der Waals surface area contributed by atoms with E-state index in [0.717, 1.165) is 17.7 Å². The Labute approximate surface area is 107 Å². The number of hydrogen-bond donors (Lipinski definition) is 2. The Bertz CT molecular complexity index is 508. The van der Waals surface area contributed by atoms with Crippen molar-refractivity contribution in [1.29, 1.82) is 0 Å². The molecule has 3 N–H and O–H groups in total. The van der Waals surface area contributed by atoms with Crippen LogP contribution in [-0.2, 0) is 12.8 Å². The molecule has 0 saturated heterocycles. The van der Waals surface area contributed by atoms with Crippen LogP contribution in [0.1, 0.15) is 29.8 Å². The normalized spacial score (nSPS) is 12.3. The number of para-hydroxylation sites is 1. The van der Waals surface area contributed by atoms with Crippen molar-refractivity contribution in [2.45, 2.75) is 25.9 Å². The van der Waals surface area contributed by atoms with Gasteiger partial charge in [-0.15, -0.1) is 0 Å². The van der Waals surface area contributed by atoms with E-state index < -0.39 is 6.10 Å². The van der Waals surface area contributed by atoms with Crippen LogP contribution in [0.3, 0.4) is 0 Å². The molecular weight excluding hydrogens is 224 g/mol. The van der Waals surface area contributed by atoms with E-state index in [4.69, 9.17) is 5.73 Å². The molecule has 0 spiro atoms. The third-order valence-corrected chi connectivity index (χ3v) is 3.05. The van der Waals surface area contributed by atoms with Crippen LogP contribution in [0, 0.1) is 0 Å². The maximum atomic E-state index is 10.2. The van der Waals surface area contributed by atoms with Crippen LogP contribution in [0.5, 0.6) is 0 Å². The lowest BCUT2D eigenvalue weighted by Crippen LogP contribution is -2.06.